The second-order valence-electron chi connectivity index (χ2n) is 2.69. The third-order valence-electron chi connectivity index (χ3n) is 1.69. The second-order valence-corrected chi connectivity index (χ2v) is 3.59. The van der Waals surface area contributed by atoms with Gasteiger partial charge in [0.15, 0.2) is 0 Å². The molecule has 0 N–H and O–H groups in total. The van der Waals surface area contributed by atoms with Crippen LogP contribution in [0.15, 0.2) is 41.8 Å². The van der Waals surface area contributed by atoms with Gasteiger partial charge in [0.2, 0.25) is 0 Å². The molecule has 0 bridgehead atoms. The number of hydrogen-bond donors (Lipinski definition) is 0. The molecule has 2 nitrogen and oxygen atoms in total. The molecule has 0 saturated carbocycles. The first kappa shape index (κ1) is 10.9. The largest absolute Gasteiger partial charge is 0.457 e. The molecule has 0 unspecified atom stereocenters. The summed E-state index contributed by atoms with van der Waals surface area (Å²) < 4.78 is 5.02. The van der Waals surface area contributed by atoms with Crippen LogP contribution < -0.4 is 0 Å². The average molecular weight is 208 g/mol. The molecule has 74 valence electrons. The molecule has 0 aliphatic heterocycles. The zero-order chi connectivity index (χ0) is 10.4. The van der Waals surface area contributed by atoms with Crippen molar-refractivity contribution in [3.05, 3.63) is 47.4 Å². The van der Waals surface area contributed by atoms with Crippen molar-refractivity contribution >= 4 is 17.7 Å². The number of hydrogen-bond acceptors (Lipinski definition) is 3. The van der Waals surface area contributed by atoms with Gasteiger partial charge >= 0.3 is 5.97 Å². The Morgan fingerprint density at radius 1 is 1.43 bits per heavy atom. The number of thioether (sulfide) groups is 1. The van der Waals surface area contributed by atoms with Crippen molar-refractivity contribution in [3.63, 3.8) is 0 Å². The van der Waals surface area contributed by atoms with E-state index in [0.717, 1.165) is 5.56 Å². The Hall–Kier alpha value is -1.22. The Morgan fingerprint density at radius 3 is 2.64 bits per heavy atom. The van der Waals surface area contributed by atoms with Crippen LogP contribution in [0.1, 0.15) is 5.56 Å². The van der Waals surface area contributed by atoms with Gasteiger partial charge in [0.05, 0.1) is 4.91 Å². The maximum atomic E-state index is 11.2. The summed E-state index contributed by atoms with van der Waals surface area (Å²) in [4.78, 5) is 11.6. The fourth-order valence-electron chi connectivity index (χ4n) is 0.887. The highest BCUT2D eigenvalue weighted by Crippen LogP contribution is 2.11. The molecule has 0 atom stereocenters. The van der Waals surface area contributed by atoms with Crippen LogP contribution in [0.5, 0.6) is 0 Å². The predicted molar refractivity (Wildman–Crippen MR) is 58.9 cm³/mol. The van der Waals surface area contributed by atoms with E-state index in [1.807, 2.05) is 30.3 Å². The molecule has 0 spiro atoms. The van der Waals surface area contributed by atoms with Gasteiger partial charge in [-0.1, -0.05) is 36.9 Å². The van der Waals surface area contributed by atoms with Gasteiger partial charge in [0, 0.05) is 0 Å². The predicted octanol–water partition coefficient (Wildman–Crippen LogP) is 2.61. The zero-order valence-electron chi connectivity index (χ0n) is 8.03. The van der Waals surface area contributed by atoms with Crippen molar-refractivity contribution < 1.29 is 9.53 Å². The summed E-state index contributed by atoms with van der Waals surface area (Å²) in [5.41, 5.74) is 0.981. The van der Waals surface area contributed by atoms with Gasteiger partial charge in [-0.05, 0) is 11.8 Å². The number of ether oxygens (including phenoxy) is 1. The number of rotatable bonds is 4. The summed E-state index contributed by atoms with van der Waals surface area (Å²) in [5, 5.41) is 0. The van der Waals surface area contributed by atoms with Crippen molar-refractivity contribution in [2.24, 2.45) is 0 Å². The lowest BCUT2D eigenvalue weighted by molar-refractivity contribution is -0.139. The first-order valence-corrected chi connectivity index (χ1v) is 5.40. The van der Waals surface area contributed by atoms with Crippen LogP contribution in [-0.2, 0) is 16.1 Å². The van der Waals surface area contributed by atoms with Crippen LogP contribution in [0.3, 0.4) is 0 Å². The summed E-state index contributed by atoms with van der Waals surface area (Å²) in [6, 6.07) is 9.57. The summed E-state index contributed by atoms with van der Waals surface area (Å²) in [6.45, 7) is 3.88. The number of benzene rings is 1. The van der Waals surface area contributed by atoms with Crippen LogP contribution in [0, 0.1) is 0 Å². The summed E-state index contributed by atoms with van der Waals surface area (Å²) >= 11 is 1.30. The molecule has 0 radical (unpaired) electrons. The summed E-state index contributed by atoms with van der Waals surface area (Å²) in [7, 11) is 0. The lowest BCUT2D eigenvalue weighted by Crippen LogP contribution is -2.04. The maximum Gasteiger partial charge on any atom is 0.344 e. The van der Waals surface area contributed by atoms with Crippen LogP contribution >= 0.6 is 11.8 Å². The summed E-state index contributed by atoms with van der Waals surface area (Å²) in [6.07, 6.45) is 1.80. The van der Waals surface area contributed by atoms with Gasteiger partial charge in [-0.25, -0.2) is 4.79 Å². The van der Waals surface area contributed by atoms with E-state index in [2.05, 4.69) is 6.58 Å². The molecular formula is C11H12O2S. The monoisotopic (exact) mass is 208 g/mol. The number of esters is 1. The van der Waals surface area contributed by atoms with Crippen LogP contribution in [0.25, 0.3) is 0 Å². The molecule has 14 heavy (non-hydrogen) atoms. The van der Waals surface area contributed by atoms with Gasteiger partial charge in [0.1, 0.15) is 6.61 Å². The molecule has 3 heteroatoms. The smallest absolute Gasteiger partial charge is 0.344 e. The molecule has 0 saturated heterocycles. The Kier molecular flexibility index (Phi) is 4.26. The number of carbonyl (C=O) groups excluding carboxylic acids is 1. The molecule has 1 aromatic rings. The van der Waals surface area contributed by atoms with E-state index in [4.69, 9.17) is 4.74 Å². The van der Waals surface area contributed by atoms with E-state index in [1.54, 1.807) is 6.26 Å². The Morgan fingerprint density at radius 2 is 2.07 bits per heavy atom. The average Bonchev–Trinajstić information content (AvgIpc) is 2.26. The van der Waals surface area contributed by atoms with Gasteiger partial charge in [-0.2, -0.15) is 0 Å². The van der Waals surface area contributed by atoms with Gasteiger partial charge < -0.3 is 4.74 Å². The van der Waals surface area contributed by atoms with E-state index in [1.165, 1.54) is 11.8 Å². The fraction of sp³-hybridized carbons (Fsp3) is 0.182. The molecule has 1 aromatic carbocycles. The fourth-order valence-corrected chi connectivity index (χ4v) is 1.11. The first-order valence-electron chi connectivity index (χ1n) is 4.18. The van der Waals surface area contributed by atoms with Gasteiger partial charge in [-0.15, -0.1) is 11.8 Å². The Bertz CT molecular complexity index is 319. The van der Waals surface area contributed by atoms with Gasteiger partial charge in [-0.3, -0.25) is 0 Å². The molecule has 0 heterocycles. The van der Waals surface area contributed by atoms with Crippen molar-refractivity contribution in [3.8, 4) is 0 Å². The molecule has 0 amide bonds. The normalized spacial score (nSPS) is 9.50. The van der Waals surface area contributed by atoms with E-state index >= 15 is 0 Å². The Labute approximate surface area is 88.0 Å². The van der Waals surface area contributed by atoms with Crippen molar-refractivity contribution in [1.82, 2.24) is 0 Å². The third kappa shape index (κ3) is 3.26. The standard InChI is InChI=1S/C11H12O2S/c1-9(14-2)11(12)13-8-10-6-4-3-5-7-10/h3-7H,1,8H2,2H3. The van der Waals surface area contributed by atoms with E-state index in [0.29, 0.717) is 11.5 Å². The first-order chi connectivity index (χ1) is 6.74. The van der Waals surface area contributed by atoms with E-state index in [-0.39, 0.29) is 5.97 Å². The highest BCUT2D eigenvalue weighted by atomic mass is 32.2. The molecule has 0 aliphatic carbocycles. The minimum atomic E-state index is -0.346. The lowest BCUT2D eigenvalue weighted by Gasteiger charge is -2.04. The van der Waals surface area contributed by atoms with Crippen LogP contribution in [0.4, 0.5) is 0 Å². The topological polar surface area (TPSA) is 26.3 Å². The van der Waals surface area contributed by atoms with E-state index in [9.17, 15) is 4.79 Å². The quantitative estimate of drug-likeness (QED) is 0.562. The van der Waals surface area contributed by atoms with Crippen molar-refractivity contribution in [2.45, 2.75) is 6.61 Å². The van der Waals surface area contributed by atoms with Crippen molar-refractivity contribution in [1.29, 1.82) is 0 Å². The lowest BCUT2D eigenvalue weighted by atomic mass is 10.2. The van der Waals surface area contributed by atoms with E-state index < -0.39 is 0 Å². The minimum absolute atomic E-state index is 0.305. The molecular weight excluding hydrogens is 196 g/mol. The van der Waals surface area contributed by atoms with Crippen LogP contribution in [0.2, 0.25) is 0 Å². The number of carbonyl (C=O) groups is 1. The summed E-state index contributed by atoms with van der Waals surface area (Å²) in [5.74, 6) is -0.346. The molecule has 1 rings (SSSR count). The molecule has 0 aliphatic rings. The van der Waals surface area contributed by atoms with Gasteiger partial charge in [0.25, 0.3) is 0 Å². The highest BCUT2D eigenvalue weighted by molar-refractivity contribution is 8.03. The second kappa shape index (κ2) is 5.50. The van der Waals surface area contributed by atoms with Crippen molar-refractivity contribution in [2.75, 3.05) is 6.26 Å². The Balaban J connectivity index is 2.42. The zero-order valence-corrected chi connectivity index (χ0v) is 8.84. The maximum absolute atomic E-state index is 11.2. The molecule has 0 fully saturated rings. The molecule has 0 aromatic heterocycles. The highest BCUT2D eigenvalue weighted by Gasteiger charge is 2.06. The minimum Gasteiger partial charge on any atom is -0.457 e. The SMILES string of the molecule is C=C(SC)C(=O)OCc1ccccc1. The third-order valence-corrected chi connectivity index (χ3v) is 2.35. The van der Waals surface area contributed by atoms with Crippen LogP contribution in [-0.4, -0.2) is 12.2 Å².